The molecule has 4 nitrogen and oxygen atoms in total. The van der Waals surface area contributed by atoms with Crippen molar-refractivity contribution >= 4 is 29.2 Å². The van der Waals surface area contributed by atoms with E-state index in [0.717, 1.165) is 5.56 Å². The Bertz CT molecular complexity index is 686. The molecule has 2 aromatic rings. The van der Waals surface area contributed by atoms with Crippen molar-refractivity contribution in [3.63, 3.8) is 0 Å². The molecule has 0 unspecified atom stereocenters. The highest BCUT2D eigenvalue weighted by Crippen LogP contribution is 2.24. The van der Waals surface area contributed by atoms with E-state index in [4.69, 9.17) is 27.9 Å². The third kappa shape index (κ3) is 4.55. The van der Waals surface area contributed by atoms with Gasteiger partial charge in [-0.05, 0) is 35.4 Å². The minimum atomic E-state index is -0.383. The number of esters is 1. The Morgan fingerprint density at radius 1 is 0.955 bits per heavy atom. The maximum atomic E-state index is 11.7. The van der Waals surface area contributed by atoms with E-state index >= 15 is 0 Å². The van der Waals surface area contributed by atoms with Gasteiger partial charge in [-0.2, -0.15) is 0 Å². The molecule has 0 heterocycles. The van der Waals surface area contributed by atoms with Crippen LogP contribution in [0.4, 0.5) is 0 Å². The largest absolute Gasteiger partial charge is 0.506 e. The van der Waals surface area contributed by atoms with Crippen molar-refractivity contribution in [2.75, 3.05) is 6.61 Å². The molecule has 2 rings (SSSR count). The molecule has 22 heavy (non-hydrogen) atoms. The number of phenols is 2. The average molecular weight is 341 g/mol. The summed E-state index contributed by atoms with van der Waals surface area (Å²) in [6.45, 7) is 0.214. The second-order valence-corrected chi connectivity index (χ2v) is 5.53. The van der Waals surface area contributed by atoms with Gasteiger partial charge in [-0.1, -0.05) is 35.3 Å². The summed E-state index contributed by atoms with van der Waals surface area (Å²) in [5, 5.41) is 19.1. The van der Waals surface area contributed by atoms with Crippen molar-refractivity contribution in [3.05, 3.63) is 57.6 Å². The fourth-order valence-corrected chi connectivity index (χ4v) is 2.27. The van der Waals surface area contributed by atoms with Gasteiger partial charge >= 0.3 is 5.97 Å². The molecule has 0 bridgehead atoms. The second-order valence-electron chi connectivity index (χ2n) is 4.72. The molecule has 116 valence electrons. The van der Waals surface area contributed by atoms with Crippen molar-refractivity contribution in [2.24, 2.45) is 0 Å². The molecule has 0 atom stereocenters. The number of aromatic hydroxyl groups is 2. The summed E-state index contributed by atoms with van der Waals surface area (Å²) < 4.78 is 5.14. The highest BCUT2D eigenvalue weighted by molar-refractivity contribution is 6.32. The fraction of sp³-hybridized carbons (Fsp3) is 0.188. The van der Waals surface area contributed by atoms with E-state index in [9.17, 15) is 15.0 Å². The van der Waals surface area contributed by atoms with Crippen LogP contribution in [-0.2, 0) is 22.4 Å². The van der Waals surface area contributed by atoms with Gasteiger partial charge in [-0.3, -0.25) is 4.79 Å². The zero-order valence-electron chi connectivity index (χ0n) is 11.6. The standard InChI is InChI=1S/C16H14Cl2O4/c17-12-7-10(1-3-14(12)19)5-6-22-16(21)9-11-2-4-15(20)13(18)8-11/h1-4,7-8,19-20H,5-6,9H2. The second kappa shape index (κ2) is 7.38. The fourth-order valence-electron chi connectivity index (χ4n) is 1.87. The first-order chi connectivity index (χ1) is 10.5. The lowest BCUT2D eigenvalue weighted by Crippen LogP contribution is -2.10. The molecule has 0 amide bonds. The van der Waals surface area contributed by atoms with Gasteiger partial charge in [0.2, 0.25) is 0 Å². The SMILES string of the molecule is O=C(Cc1ccc(O)c(Cl)c1)OCCc1ccc(O)c(Cl)c1. The van der Waals surface area contributed by atoms with Crippen LogP contribution >= 0.6 is 23.2 Å². The number of phenolic OH excluding ortho intramolecular Hbond substituents is 2. The summed E-state index contributed by atoms with van der Waals surface area (Å²) in [6, 6.07) is 9.42. The minimum Gasteiger partial charge on any atom is -0.506 e. The van der Waals surface area contributed by atoms with Gasteiger partial charge in [0, 0.05) is 6.42 Å². The van der Waals surface area contributed by atoms with E-state index in [2.05, 4.69) is 0 Å². The van der Waals surface area contributed by atoms with Crippen LogP contribution in [0.15, 0.2) is 36.4 Å². The summed E-state index contributed by atoms with van der Waals surface area (Å²) in [4.78, 5) is 11.7. The van der Waals surface area contributed by atoms with E-state index in [1.165, 1.54) is 18.2 Å². The first-order valence-electron chi connectivity index (χ1n) is 6.56. The van der Waals surface area contributed by atoms with E-state index in [-0.39, 0.29) is 40.5 Å². The first-order valence-corrected chi connectivity index (χ1v) is 7.31. The third-order valence-corrected chi connectivity index (χ3v) is 3.63. The molecule has 0 aliphatic rings. The number of hydrogen-bond donors (Lipinski definition) is 2. The Labute approximate surface area is 137 Å². The van der Waals surface area contributed by atoms with Crippen LogP contribution in [0.2, 0.25) is 10.0 Å². The first kappa shape index (κ1) is 16.5. The van der Waals surface area contributed by atoms with Gasteiger partial charge in [0.25, 0.3) is 0 Å². The van der Waals surface area contributed by atoms with Gasteiger partial charge in [0.1, 0.15) is 11.5 Å². The molecule has 0 radical (unpaired) electrons. The molecular weight excluding hydrogens is 327 g/mol. The summed E-state index contributed by atoms with van der Waals surface area (Å²) in [6.07, 6.45) is 0.582. The Morgan fingerprint density at radius 2 is 1.50 bits per heavy atom. The van der Waals surface area contributed by atoms with E-state index in [0.29, 0.717) is 12.0 Å². The monoisotopic (exact) mass is 340 g/mol. The summed E-state index contributed by atoms with van der Waals surface area (Å²) in [5.41, 5.74) is 1.53. The number of carbonyl (C=O) groups excluding carboxylic acids is 1. The van der Waals surface area contributed by atoms with E-state index in [1.807, 2.05) is 0 Å². The Balaban J connectivity index is 1.82. The van der Waals surface area contributed by atoms with Crippen LogP contribution in [0.1, 0.15) is 11.1 Å². The van der Waals surface area contributed by atoms with E-state index < -0.39 is 0 Å². The number of benzene rings is 2. The maximum absolute atomic E-state index is 11.7. The number of rotatable bonds is 5. The lowest BCUT2D eigenvalue weighted by molar-refractivity contribution is -0.142. The third-order valence-electron chi connectivity index (χ3n) is 3.03. The quantitative estimate of drug-likeness (QED) is 0.813. The number of halogens is 2. The normalized spacial score (nSPS) is 10.5. The van der Waals surface area contributed by atoms with Crippen LogP contribution in [0.5, 0.6) is 11.5 Å². The van der Waals surface area contributed by atoms with Crippen LogP contribution in [0.25, 0.3) is 0 Å². The molecule has 0 fully saturated rings. The lowest BCUT2D eigenvalue weighted by Gasteiger charge is -2.07. The number of carbonyl (C=O) groups is 1. The topological polar surface area (TPSA) is 66.8 Å². The molecular formula is C16H14Cl2O4. The maximum Gasteiger partial charge on any atom is 0.310 e. The van der Waals surface area contributed by atoms with Crippen LogP contribution in [-0.4, -0.2) is 22.8 Å². The van der Waals surface area contributed by atoms with Crippen LogP contribution in [0.3, 0.4) is 0 Å². The van der Waals surface area contributed by atoms with Crippen molar-refractivity contribution in [3.8, 4) is 11.5 Å². The van der Waals surface area contributed by atoms with Crippen LogP contribution < -0.4 is 0 Å². The Morgan fingerprint density at radius 3 is 2.09 bits per heavy atom. The van der Waals surface area contributed by atoms with Crippen molar-refractivity contribution < 1.29 is 19.7 Å². The number of ether oxygens (including phenoxy) is 1. The zero-order valence-corrected chi connectivity index (χ0v) is 13.1. The van der Waals surface area contributed by atoms with Gasteiger partial charge in [0.05, 0.1) is 23.1 Å². The lowest BCUT2D eigenvalue weighted by atomic mass is 10.1. The molecule has 2 N–H and O–H groups in total. The minimum absolute atomic E-state index is 0.0200. The highest BCUT2D eigenvalue weighted by atomic mass is 35.5. The Hall–Kier alpha value is -1.91. The predicted molar refractivity (Wildman–Crippen MR) is 84.6 cm³/mol. The number of hydrogen-bond acceptors (Lipinski definition) is 4. The molecule has 0 aliphatic heterocycles. The van der Waals surface area contributed by atoms with E-state index in [1.54, 1.807) is 18.2 Å². The summed E-state index contributed by atoms with van der Waals surface area (Å²) in [5.74, 6) is -0.388. The molecule has 0 aliphatic carbocycles. The molecule has 6 heteroatoms. The average Bonchev–Trinajstić information content (AvgIpc) is 2.47. The molecule has 0 saturated heterocycles. The van der Waals surface area contributed by atoms with Crippen molar-refractivity contribution in [2.45, 2.75) is 12.8 Å². The summed E-state index contributed by atoms with van der Waals surface area (Å²) in [7, 11) is 0. The molecule has 0 aromatic heterocycles. The molecule has 0 saturated carbocycles. The Kier molecular flexibility index (Phi) is 5.52. The van der Waals surface area contributed by atoms with Crippen molar-refractivity contribution in [1.29, 1.82) is 0 Å². The predicted octanol–water partition coefficient (Wildman–Crippen LogP) is 3.73. The zero-order chi connectivity index (χ0) is 16.1. The van der Waals surface area contributed by atoms with Gasteiger partial charge < -0.3 is 14.9 Å². The highest BCUT2D eigenvalue weighted by Gasteiger charge is 2.08. The van der Waals surface area contributed by atoms with Gasteiger partial charge in [-0.25, -0.2) is 0 Å². The van der Waals surface area contributed by atoms with Gasteiger partial charge in [0.15, 0.2) is 0 Å². The molecule has 2 aromatic carbocycles. The summed E-state index contributed by atoms with van der Waals surface area (Å²) >= 11 is 11.6. The van der Waals surface area contributed by atoms with Crippen molar-refractivity contribution in [1.82, 2.24) is 0 Å². The smallest absolute Gasteiger partial charge is 0.310 e. The molecule has 0 spiro atoms. The van der Waals surface area contributed by atoms with Gasteiger partial charge in [-0.15, -0.1) is 0 Å². The van der Waals surface area contributed by atoms with Crippen LogP contribution in [0, 0.1) is 0 Å².